The van der Waals surface area contributed by atoms with Crippen LogP contribution in [-0.4, -0.2) is 7.42 Å². The Bertz CT molecular complexity index is 223. The molecule has 0 saturated carbocycles. The van der Waals surface area contributed by atoms with E-state index in [1.165, 1.54) is 5.56 Å². The van der Waals surface area contributed by atoms with E-state index in [2.05, 4.69) is 19.1 Å². The molecule has 0 aliphatic rings. The first-order chi connectivity index (χ1) is 5.70. The van der Waals surface area contributed by atoms with Crippen LogP contribution in [0.3, 0.4) is 0 Å². The quantitative estimate of drug-likeness (QED) is 0.539. The Labute approximate surface area is 84.5 Å². The van der Waals surface area contributed by atoms with Gasteiger partial charge in [-0.15, -0.1) is 0 Å². The van der Waals surface area contributed by atoms with Crippen LogP contribution in [0, 0.1) is 0 Å². The molecule has 0 aliphatic carbocycles. The smallest absolute Gasteiger partial charge is 0.150 e. The van der Waals surface area contributed by atoms with Crippen molar-refractivity contribution in [2.45, 2.75) is 18.9 Å². The van der Waals surface area contributed by atoms with Gasteiger partial charge in [-0.05, 0) is 17.5 Å². The number of halogens is 2. The molecule has 3 heteroatoms. The lowest BCUT2D eigenvalue weighted by Crippen LogP contribution is -2.00. The van der Waals surface area contributed by atoms with Crippen molar-refractivity contribution < 1.29 is 0 Å². The number of rotatable bonds is 3. The molecule has 66 valence electrons. The average Bonchev–Trinajstić information content (AvgIpc) is 2.05. The fourth-order valence-electron chi connectivity index (χ4n) is 1.18. The van der Waals surface area contributed by atoms with Crippen molar-refractivity contribution in [3.8, 4) is 0 Å². The number of hydrogen-bond acceptors (Lipinski definition) is 0. The topological polar surface area (TPSA) is 0 Å². The van der Waals surface area contributed by atoms with Gasteiger partial charge in [-0.1, -0.05) is 37.3 Å². The maximum Gasteiger partial charge on any atom is 0.237 e. The lowest BCUT2D eigenvalue weighted by molar-refractivity contribution is 0.861. The Balaban J connectivity index is 2.59. The van der Waals surface area contributed by atoms with Crippen molar-refractivity contribution in [1.29, 1.82) is 0 Å². The molecule has 1 aromatic carbocycles. The van der Waals surface area contributed by atoms with E-state index in [4.69, 9.17) is 22.2 Å². The van der Waals surface area contributed by atoms with Crippen molar-refractivity contribution >= 4 is 29.6 Å². The van der Waals surface area contributed by atoms with Gasteiger partial charge >= 0.3 is 0 Å². The predicted molar refractivity (Wildman–Crippen MR) is 58.5 cm³/mol. The Morgan fingerprint density at radius 3 is 2.33 bits per heavy atom. The zero-order valence-corrected chi connectivity index (χ0v) is 9.67. The van der Waals surface area contributed by atoms with Crippen molar-refractivity contribution in [2.75, 3.05) is 0 Å². The molecule has 0 spiro atoms. The fraction of sp³-hybridized carbons (Fsp3) is 0.333. The van der Waals surface area contributed by atoms with E-state index in [1.54, 1.807) is 0 Å². The van der Waals surface area contributed by atoms with Crippen molar-refractivity contribution in [3.63, 3.8) is 0 Å². The van der Waals surface area contributed by atoms with Gasteiger partial charge in [0.05, 0.1) is 0 Å². The van der Waals surface area contributed by atoms with E-state index >= 15 is 0 Å². The van der Waals surface area contributed by atoms with Gasteiger partial charge in [-0.2, -0.15) is 22.2 Å². The summed E-state index contributed by atoms with van der Waals surface area (Å²) in [6.45, 7) is 2.17. The standard InChI is InChI=1S/C9H12Cl2Si/c1-8(7-12(10)11)9-5-3-2-4-6-9/h2-6,8,12H,7H2,1H3/t8-/m0/s1. The third-order valence-electron chi connectivity index (χ3n) is 1.90. The first-order valence-electron chi connectivity index (χ1n) is 4.03. The van der Waals surface area contributed by atoms with Gasteiger partial charge in [-0.3, -0.25) is 0 Å². The molecule has 0 N–H and O–H groups in total. The second kappa shape index (κ2) is 4.90. The van der Waals surface area contributed by atoms with E-state index in [-0.39, 0.29) is 0 Å². The molecule has 0 nitrogen and oxygen atoms in total. The summed E-state index contributed by atoms with van der Waals surface area (Å²) < 4.78 is 0. The molecule has 0 aliphatic heterocycles. The molecular formula is C9H12Cl2Si. The average molecular weight is 219 g/mol. The highest BCUT2D eigenvalue weighted by molar-refractivity contribution is 7.33. The van der Waals surface area contributed by atoms with Gasteiger partial charge in [0, 0.05) is 0 Å². The molecule has 0 amide bonds. The molecule has 0 saturated heterocycles. The first kappa shape index (κ1) is 10.1. The molecule has 0 bridgehead atoms. The molecule has 0 unspecified atom stereocenters. The second-order valence-electron chi connectivity index (χ2n) is 2.94. The lowest BCUT2D eigenvalue weighted by atomic mass is 10.0. The van der Waals surface area contributed by atoms with Crippen LogP contribution < -0.4 is 0 Å². The van der Waals surface area contributed by atoms with Crippen LogP contribution in [0.1, 0.15) is 18.4 Å². The normalized spacial score (nSPS) is 13.3. The highest BCUT2D eigenvalue weighted by Gasteiger charge is 2.10. The van der Waals surface area contributed by atoms with Crippen LogP contribution >= 0.6 is 22.2 Å². The summed E-state index contributed by atoms with van der Waals surface area (Å²) in [6, 6.07) is 11.3. The van der Waals surface area contributed by atoms with Crippen LogP contribution in [0.25, 0.3) is 0 Å². The molecule has 12 heavy (non-hydrogen) atoms. The monoisotopic (exact) mass is 218 g/mol. The van der Waals surface area contributed by atoms with E-state index in [9.17, 15) is 0 Å². The maximum atomic E-state index is 5.83. The van der Waals surface area contributed by atoms with Crippen molar-refractivity contribution in [3.05, 3.63) is 35.9 Å². The molecule has 1 rings (SSSR count). The highest BCUT2D eigenvalue weighted by Crippen LogP contribution is 2.23. The van der Waals surface area contributed by atoms with Crippen LogP contribution in [0.4, 0.5) is 0 Å². The van der Waals surface area contributed by atoms with Gasteiger partial charge in [0.2, 0.25) is 7.42 Å². The summed E-state index contributed by atoms with van der Waals surface area (Å²) in [4.78, 5) is 0. The van der Waals surface area contributed by atoms with E-state index in [1.807, 2.05) is 18.2 Å². The molecule has 0 aromatic heterocycles. The van der Waals surface area contributed by atoms with Crippen molar-refractivity contribution in [1.82, 2.24) is 0 Å². The Hall–Kier alpha value is 0.0169. The van der Waals surface area contributed by atoms with Crippen LogP contribution in [-0.2, 0) is 0 Å². The van der Waals surface area contributed by atoms with Gasteiger partial charge in [0.15, 0.2) is 0 Å². The van der Waals surface area contributed by atoms with Crippen molar-refractivity contribution in [2.24, 2.45) is 0 Å². The number of benzene rings is 1. The summed E-state index contributed by atoms with van der Waals surface area (Å²) in [5.41, 5.74) is 1.33. The summed E-state index contributed by atoms with van der Waals surface area (Å²) >= 11 is 11.7. The summed E-state index contributed by atoms with van der Waals surface area (Å²) in [7, 11) is -1.45. The van der Waals surface area contributed by atoms with E-state index < -0.39 is 7.42 Å². The predicted octanol–water partition coefficient (Wildman–Crippen LogP) is 3.49. The van der Waals surface area contributed by atoms with Gasteiger partial charge < -0.3 is 0 Å². The Morgan fingerprint density at radius 2 is 1.83 bits per heavy atom. The molecule has 0 radical (unpaired) electrons. The maximum absolute atomic E-state index is 5.83. The SMILES string of the molecule is C[C@@H](C[SiH](Cl)Cl)c1ccccc1. The Kier molecular flexibility index (Phi) is 4.13. The fourth-order valence-corrected chi connectivity index (χ4v) is 3.60. The van der Waals surface area contributed by atoms with Gasteiger partial charge in [-0.25, -0.2) is 0 Å². The zero-order valence-electron chi connectivity index (χ0n) is 7.00. The third-order valence-corrected chi connectivity index (χ3v) is 4.03. The largest absolute Gasteiger partial charge is 0.237 e. The molecular weight excluding hydrogens is 207 g/mol. The zero-order chi connectivity index (χ0) is 8.97. The lowest BCUT2D eigenvalue weighted by Gasteiger charge is -2.10. The van der Waals surface area contributed by atoms with E-state index in [0.29, 0.717) is 5.92 Å². The molecule has 1 aromatic rings. The minimum absolute atomic E-state index is 0.498. The van der Waals surface area contributed by atoms with Crippen LogP contribution in [0.15, 0.2) is 30.3 Å². The highest BCUT2D eigenvalue weighted by atomic mass is 35.7. The van der Waals surface area contributed by atoms with Crippen LogP contribution in [0.5, 0.6) is 0 Å². The third kappa shape index (κ3) is 3.17. The molecule has 0 heterocycles. The second-order valence-corrected chi connectivity index (χ2v) is 8.02. The Morgan fingerprint density at radius 1 is 1.25 bits per heavy atom. The van der Waals surface area contributed by atoms with Gasteiger partial charge in [0.25, 0.3) is 0 Å². The van der Waals surface area contributed by atoms with E-state index in [0.717, 1.165) is 6.04 Å². The summed E-state index contributed by atoms with van der Waals surface area (Å²) in [5, 5.41) is 0. The minimum Gasteiger partial charge on any atom is -0.150 e. The first-order valence-corrected chi connectivity index (χ1v) is 8.34. The molecule has 1 atom stereocenters. The van der Waals surface area contributed by atoms with Gasteiger partial charge in [0.1, 0.15) is 0 Å². The minimum atomic E-state index is -1.45. The summed E-state index contributed by atoms with van der Waals surface area (Å²) in [6.07, 6.45) is 0. The number of hydrogen-bond donors (Lipinski definition) is 0. The molecule has 0 fully saturated rings. The summed E-state index contributed by atoms with van der Waals surface area (Å²) in [5.74, 6) is 0.498. The van der Waals surface area contributed by atoms with Crippen LogP contribution in [0.2, 0.25) is 6.04 Å².